The number of anilines is 5. The first-order valence-corrected chi connectivity index (χ1v) is 13.4. The Balaban J connectivity index is 0.000000646. The van der Waals surface area contributed by atoms with E-state index in [1.54, 1.807) is 6.20 Å². The smallest absolute Gasteiger partial charge is 0.475 e. The molecule has 2 aromatic carbocycles. The number of nitrogens with one attached hydrogen (secondary N) is 6. The van der Waals surface area contributed by atoms with Crippen molar-refractivity contribution in [2.75, 3.05) is 29.0 Å². The summed E-state index contributed by atoms with van der Waals surface area (Å²) < 4.78 is 31.7. The van der Waals surface area contributed by atoms with Crippen LogP contribution in [0.1, 0.15) is 25.0 Å². The minimum absolute atomic E-state index is 0.0432. The normalized spacial score (nSPS) is 12.0. The van der Waals surface area contributed by atoms with Gasteiger partial charge in [0.2, 0.25) is 5.95 Å². The van der Waals surface area contributed by atoms with Crippen LogP contribution in [0.2, 0.25) is 5.02 Å². The number of amides is 4. The number of benzene rings is 2. The van der Waals surface area contributed by atoms with E-state index in [2.05, 4.69) is 54.0 Å². The lowest BCUT2D eigenvalue weighted by Gasteiger charge is -2.15. The average molecular weight is 623 g/mol. The molecular formula is C27H30ClF3N8O4. The average Bonchev–Trinajstić information content (AvgIpc) is 2.92. The van der Waals surface area contributed by atoms with Gasteiger partial charge in [-0.1, -0.05) is 23.7 Å². The van der Waals surface area contributed by atoms with E-state index in [9.17, 15) is 22.8 Å². The molecule has 7 N–H and O–H groups in total. The van der Waals surface area contributed by atoms with E-state index in [-0.39, 0.29) is 18.1 Å². The van der Waals surface area contributed by atoms with Crippen LogP contribution in [-0.4, -0.2) is 58.4 Å². The number of aliphatic carboxylic acids is 1. The Morgan fingerprint density at radius 3 is 2.35 bits per heavy atom. The van der Waals surface area contributed by atoms with E-state index < -0.39 is 12.1 Å². The maximum absolute atomic E-state index is 12.5. The Kier molecular flexibility index (Phi) is 11.3. The monoisotopic (exact) mass is 622 g/mol. The fourth-order valence-electron chi connectivity index (χ4n) is 3.70. The summed E-state index contributed by atoms with van der Waals surface area (Å²) in [6.07, 6.45) is -2.07. The molecule has 0 radical (unpaired) electrons. The molecule has 4 rings (SSSR count). The molecule has 1 aliphatic rings. The zero-order chi connectivity index (χ0) is 31.6. The molecule has 0 spiro atoms. The number of alkyl halides is 3. The molecule has 0 fully saturated rings. The molecule has 0 aliphatic carbocycles. The lowest BCUT2D eigenvalue weighted by Crippen LogP contribution is -2.43. The Hall–Kier alpha value is -4.79. The number of carboxylic acid groups (broad SMARTS) is 1. The van der Waals surface area contributed by atoms with Crippen LogP contribution in [0.5, 0.6) is 0 Å². The molecule has 0 unspecified atom stereocenters. The molecule has 12 nitrogen and oxygen atoms in total. The van der Waals surface area contributed by atoms with Gasteiger partial charge in [-0.3, -0.25) is 0 Å². The van der Waals surface area contributed by atoms with Crippen molar-refractivity contribution in [1.29, 1.82) is 0 Å². The second-order valence-corrected chi connectivity index (χ2v) is 9.86. The van der Waals surface area contributed by atoms with Crippen LogP contribution in [0.4, 0.5) is 51.6 Å². The summed E-state index contributed by atoms with van der Waals surface area (Å²) >= 11 is 6.33. The predicted octanol–water partition coefficient (Wildman–Crippen LogP) is 5.18. The summed E-state index contributed by atoms with van der Waals surface area (Å²) in [6.45, 7) is 4.36. The highest BCUT2D eigenvalue weighted by Crippen LogP contribution is 2.29. The quantitative estimate of drug-likeness (QED) is 0.191. The number of aromatic nitrogens is 2. The van der Waals surface area contributed by atoms with Crippen LogP contribution in [0, 0.1) is 0 Å². The second-order valence-electron chi connectivity index (χ2n) is 9.45. The first kappa shape index (κ1) is 32.7. The third kappa shape index (κ3) is 10.8. The van der Waals surface area contributed by atoms with Gasteiger partial charge in [0.25, 0.3) is 0 Å². The van der Waals surface area contributed by atoms with E-state index in [0.717, 1.165) is 28.9 Å². The molecule has 4 amide bonds. The summed E-state index contributed by atoms with van der Waals surface area (Å²) in [5, 5.41) is 25.1. The Morgan fingerprint density at radius 1 is 1.00 bits per heavy atom. The van der Waals surface area contributed by atoms with Crippen molar-refractivity contribution >= 4 is 58.5 Å². The fraction of sp³-hybridized carbons (Fsp3) is 0.296. The molecule has 0 atom stereocenters. The highest BCUT2D eigenvalue weighted by atomic mass is 35.5. The number of carboxylic acids is 1. The summed E-state index contributed by atoms with van der Waals surface area (Å²) in [6, 6.07) is 13.1. The van der Waals surface area contributed by atoms with Gasteiger partial charge in [-0.05, 0) is 68.1 Å². The topological polar surface area (TPSA) is 169 Å². The fourth-order valence-corrected chi connectivity index (χ4v) is 3.83. The summed E-state index contributed by atoms with van der Waals surface area (Å²) in [5.41, 5.74) is 4.44. The molecular weight excluding hydrogens is 593 g/mol. The zero-order valence-corrected chi connectivity index (χ0v) is 23.9. The van der Waals surface area contributed by atoms with Gasteiger partial charge < -0.3 is 37.0 Å². The van der Waals surface area contributed by atoms with Crippen molar-refractivity contribution in [1.82, 2.24) is 25.9 Å². The number of nitrogens with zero attached hydrogens (tertiary/aromatic N) is 2. The number of hydrogen-bond donors (Lipinski definition) is 7. The maximum Gasteiger partial charge on any atom is 0.490 e. The number of carbonyl (C=O) groups is 3. The molecule has 1 aromatic heterocycles. The van der Waals surface area contributed by atoms with Crippen molar-refractivity contribution < 1.29 is 32.7 Å². The van der Waals surface area contributed by atoms with Crippen molar-refractivity contribution in [2.45, 2.75) is 38.9 Å². The van der Waals surface area contributed by atoms with Crippen molar-refractivity contribution in [3.63, 3.8) is 0 Å². The van der Waals surface area contributed by atoms with Crippen molar-refractivity contribution in [3.05, 3.63) is 64.8 Å². The van der Waals surface area contributed by atoms with Crippen LogP contribution < -0.4 is 31.9 Å². The molecule has 2 heterocycles. The number of hydrogen-bond acceptors (Lipinski definition) is 7. The molecule has 3 aromatic rings. The number of fused-ring (bicyclic) bond motifs is 6. The second kappa shape index (κ2) is 14.9. The van der Waals surface area contributed by atoms with Gasteiger partial charge in [0.15, 0.2) is 5.82 Å². The zero-order valence-electron chi connectivity index (χ0n) is 23.1. The van der Waals surface area contributed by atoms with Gasteiger partial charge in [-0.15, -0.1) is 0 Å². The van der Waals surface area contributed by atoms with E-state index in [4.69, 9.17) is 21.5 Å². The molecule has 43 heavy (non-hydrogen) atoms. The third-order valence-electron chi connectivity index (χ3n) is 5.58. The van der Waals surface area contributed by atoms with Crippen LogP contribution in [0.3, 0.4) is 0 Å². The molecule has 6 bridgehead atoms. The maximum atomic E-state index is 12.5. The Labute approximate surface area is 249 Å². The van der Waals surface area contributed by atoms with E-state index in [1.807, 2.05) is 44.2 Å². The van der Waals surface area contributed by atoms with E-state index in [0.29, 0.717) is 42.0 Å². The first-order valence-electron chi connectivity index (χ1n) is 13.0. The van der Waals surface area contributed by atoms with Gasteiger partial charge in [0, 0.05) is 36.2 Å². The molecule has 0 saturated heterocycles. The van der Waals surface area contributed by atoms with Crippen LogP contribution >= 0.6 is 11.6 Å². The Morgan fingerprint density at radius 2 is 1.67 bits per heavy atom. The Bertz CT molecular complexity index is 1460. The predicted molar refractivity (Wildman–Crippen MR) is 156 cm³/mol. The minimum atomic E-state index is -5.08. The standard InChI is InChI=1S/C25H29ClN8O2.C2HF3O2/c1-15(2)30-24(35)27-10-11-28-25(36)33-21-9-8-19-13-17(21)7-6-16-4-3-5-18(12-16)32-23-29-14-20(26)22(31-19)34-23;3-2(4,5)1(6)7/h3-5,8-9,12-15H,6-7,10-11H2,1-2H3,(H2,27,30,35)(H2,28,33,36)(H2,29,31,32,34);(H,6,7). The van der Waals surface area contributed by atoms with Crippen LogP contribution in [0.15, 0.2) is 48.7 Å². The first-order chi connectivity index (χ1) is 20.3. The number of urea groups is 2. The van der Waals surface area contributed by atoms with E-state index >= 15 is 0 Å². The summed E-state index contributed by atoms with van der Waals surface area (Å²) in [5.74, 6) is -1.85. The van der Waals surface area contributed by atoms with Gasteiger partial charge in [-0.2, -0.15) is 18.2 Å². The highest BCUT2D eigenvalue weighted by molar-refractivity contribution is 6.32. The number of carbonyl (C=O) groups excluding carboxylic acids is 2. The van der Waals surface area contributed by atoms with Crippen LogP contribution in [-0.2, 0) is 17.6 Å². The minimum Gasteiger partial charge on any atom is -0.475 e. The van der Waals surface area contributed by atoms with E-state index in [1.165, 1.54) is 0 Å². The van der Waals surface area contributed by atoms with Gasteiger partial charge in [-0.25, -0.2) is 19.4 Å². The molecule has 1 aliphatic heterocycles. The number of aryl methyl sites for hydroxylation is 2. The molecule has 16 heteroatoms. The highest BCUT2D eigenvalue weighted by Gasteiger charge is 2.38. The largest absolute Gasteiger partial charge is 0.490 e. The van der Waals surface area contributed by atoms with Gasteiger partial charge in [0.05, 0.1) is 6.20 Å². The number of halogens is 4. The lowest BCUT2D eigenvalue weighted by molar-refractivity contribution is -0.192. The summed E-state index contributed by atoms with van der Waals surface area (Å²) in [7, 11) is 0. The van der Waals surface area contributed by atoms with Gasteiger partial charge >= 0.3 is 24.2 Å². The SMILES string of the molecule is CC(C)NC(=O)NCCNC(=O)Nc1ccc2cc1CCc1cccc(c1)Nc1ncc(Cl)c(n1)N2.O=C(O)C(F)(F)F. The molecule has 230 valence electrons. The lowest BCUT2D eigenvalue weighted by atomic mass is 10.0. The van der Waals surface area contributed by atoms with Crippen LogP contribution in [0.25, 0.3) is 0 Å². The summed E-state index contributed by atoms with van der Waals surface area (Å²) in [4.78, 5) is 41.8. The number of rotatable bonds is 5. The third-order valence-corrected chi connectivity index (χ3v) is 5.86. The van der Waals surface area contributed by atoms with Crippen molar-refractivity contribution in [2.24, 2.45) is 0 Å². The molecule has 0 saturated carbocycles. The van der Waals surface area contributed by atoms with Gasteiger partial charge in [0.1, 0.15) is 5.02 Å². The van der Waals surface area contributed by atoms with Crippen molar-refractivity contribution in [3.8, 4) is 0 Å².